The Morgan fingerprint density at radius 2 is 2.33 bits per heavy atom. The minimum Gasteiger partial charge on any atom is -0.365 e. The highest BCUT2D eigenvalue weighted by molar-refractivity contribution is 5.95. The fraction of sp³-hybridized carbons (Fsp3) is 0.583. The summed E-state index contributed by atoms with van der Waals surface area (Å²) in [5.74, 6) is 0.448. The van der Waals surface area contributed by atoms with Gasteiger partial charge in [0.2, 0.25) is 0 Å². The SMILES string of the molecule is CC(Nc1nccnc1C(N)=O)C1CCCNC1. The Morgan fingerprint density at radius 3 is 3.00 bits per heavy atom. The van der Waals surface area contributed by atoms with Crippen LogP contribution in [0.2, 0.25) is 0 Å². The Balaban J connectivity index is 2.06. The van der Waals surface area contributed by atoms with Crippen molar-refractivity contribution >= 4 is 11.7 Å². The van der Waals surface area contributed by atoms with Gasteiger partial charge in [-0.25, -0.2) is 9.97 Å². The predicted molar refractivity (Wildman–Crippen MR) is 69.2 cm³/mol. The molecule has 2 rings (SSSR count). The van der Waals surface area contributed by atoms with Crippen molar-refractivity contribution in [1.29, 1.82) is 0 Å². The number of aromatic nitrogens is 2. The molecule has 0 spiro atoms. The molecule has 1 saturated heterocycles. The molecule has 1 amide bonds. The molecule has 0 bridgehead atoms. The predicted octanol–water partition coefficient (Wildman–Crippen LogP) is 0.375. The fourth-order valence-electron chi connectivity index (χ4n) is 2.26. The van der Waals surface area contributed by atoms with Crippen molar-refractivity contribution in [2.75, 3.05) is 18.4 Å². The van der Waals surface area contributed by atoms with Gasteiger partial charge in [0.25, 0.3) is 5.91 Å². The minimum absolute atomic E-state index is 0.202. The van der Waals surface area contributed by atoms with Crippen LogP contribution in [-0.2, 0) is 0 Å². The summed E-state index contributed by atoms with van der Waals surface area (Å²) >= 11 is 0. The second-order valence-corrected chi connectivity index (χ2v) is 4.66. The molecular weight excluding hydrogens is 230 g/mol. The van der Waals surface area contributed by atoms with Gasteiger partial charge >= 0.3 is 0 Å². The third-order valence-corrected chi connectivity index (χ3v) is 3.34. The van der Waals surface area contributed by atoms with Crippen molar-refractivity contribution in [3.05, 3.63) is 18.1 Å². The van der Waals surface area contributed by atoms with Crippen molar-refractivity contribution in [2.24, 2.45) is 11.7 Å². The normalized spacial score (nSPS) is 21.3. The molecule has 0 aliphatic carbocycles. The second kappa shape index (κ2) is 5.77. The molecule has 2 unspecified atom stereocenters. The van der Waals surface area contributed by atoms with E-state index in [1.807, 2.05) is 0 Å². The molecule has 6 heteroatoms. The number of hydrogen-bond donors (Lipinski definition) is 3. The first-order chi connectivity index (χ1) is 8.68. The van der Waals surface area contributed by atoms with Gasteiger partial charge in [-0.15, -0.1) is 0 Å². The molecule has 0 aromatic carbocycles. The molecule has 4 N–H and O–H groups in total. The molecular formula is C12H19N5O. The van der Waals surface area contributed by atoms with Gasteiger partial charge in [-0.3, -0.25) is 4.79 Å². The molecule has 0 saturated carbocycles. The number of piperidine rings is 1. The van der Waals surface area contributed by atoms with Gasteiger partial charge in [-0.1, -0.05) is 0 Å². The molecule has 1 aliphatic heterocycles. The van der Waals surface area contributed by atoms with Crippen LogP contribution in [0, 0.1) is 5.92 Å². The Hall–Kier alpha value is -1.69. The van der Waals surface area contributed by atoms with Crippen molar-refractivity contribution in [3.8, 4) is 0 Å². The van der Waals surface area contributed by atoms with Crippen LogP contribution in [0.4, 0.5) is 5.82 Å². The summed E-state index contributed by atoms with van der Waals surface area (Å²) in [5, 5.41) is 6.62. The molecule has 1 fully saturated rings. The van der Waals surface area contributed by atoms with Gasteiger partial charge < -0.3 is 16.4 Å². The number of amides is 1. The first-order valence-corrected chi connectivity index (χ1v) is 6.26. The van der Waals surface area contributed by atoms with Crippen molar-refractivity contribution in [3.63, 3.8) is 0 Å². The molecule has 18 heavy (non-hydrogen) atoms. The van der Waals surface area contributed by atoms with E-state index in [0.29, 0.717) is 11.7 Å². The van der Waals surface area contributed by atoms with Crippen LogP contribution in [0.5, 0.6) is 0 Å². The van der Waals surface area contributed by atoms with Crippen LogP contribution >= 0.6 is 0 Å². The summed E-state index contributed by atoms with van der Waals surface area (Å²) in [7, 11) is 0. The van der Waals surface area contributed by atoms with Gasteiger partial charge in [0.1, 0.15) is 0 Å². The van der Waals surface area contributed by atoms with Crippen LogP contribution in [0.25, 0.3) is 0 Å². The quantitative estimate of drug-likeness (QED) is 0.717. The summed E-state index contributed by atoms with van der Waals surface area (Å²) in [4.78, 5) is 19.3. The smallest absolute Gasteiger partial charge is 0.271 e. The first kappa shape index (κ1) is 12.8. The maximum absolute atomic E-state index is 11.2. The Labute approximate surface area is 106 Å². The number of nitrogens with zero attached hydrogens (tertiary/aromatic N) is 2. The van der Waals surface area contributed by atoms with Gasteiger partial charge in [0.05, 0.1) is 0 Å². The minimum atomic E-state index is -0.556. The zero-order valence-electron chi connectivity index (χ0n) is 10.5. The number of carbonyl (C=O) groups is 1. The summed E-state index contributed by atoms with van der Waals surface area (Å²) in [6.45, 7) is 4.17. The van der Waals surface area contributed by atoms with E-state index in [9.17, 15) is 4.79 Å². The molecule has 2 atom stereocenters. The third kappa shape index (κ3) is 2.95. The number of rotatable bonds is 4. The van der Waals surface area contributed by atoms with Crippen LogP contribution in [-0.4, -0.2) is 35.0 Å². The van der Waals surface area contributed by atoms with Crippen molar-refractivity contribution in [1.82, 2.24) is 15.3 Å². The van der Waals surface area contributed by atoms with E-state index in [2.05, 4.69) is 27.5 Å². The summed E-state index contributed by atoms with van der Waals surface area (Å²) < 4.78 is 0. The number of carbonyl (C=O) groups excluding carboxylic acids is 1. The second-order valence-electron chi connectivity index (χ2n) is 4.66. The lowest BCUT2D eigenvalue weighted by molar-refractivity contribution is 0.0996. The lowest BCUT2D eigenvalue weighted by Gasteiger charge is -2.29. The van der Waals surface area contributed by atoms with E-state index in [1.54, 1.807) is 6.20 Å². The number of hydrogen-bond acceptors (Lipinski definition) is 5. The average molecular weight is 249 g/mol. The summed E-state index contributed by atoms with van der Waals surface area (Å²) in [6.07, 6.45) is 5.38. The van der Waals surface area contributed by atoms with Crippen molar-refractivity contribution < 1.29 is 4.79 Å². The zero-order valence-corrected chi connectivity index (χ0v) is 10.5. The largest absolute Gasteiger partial charge is 0.365 e. The van der Waals surface area contributed by atoms with Crippen LogP contribution in [0.3, 0.4) is 0 Å². The van der Waals surface area contributed by atoms with Crippen molar-refractivity contribution in [2.45, 2.75) is 25.8 Å². The van der Waals surface area contributed by atoms with E-state index in [4.69, 9.17) is 5.73 Å². The number of anilines is 1. The van der Waals surface area contributed by atoms with Gasteiger partial charge in [0, 0.05) is 18.4 Å². The van der Waals surface area contributed by atoms with E-state index >= 15 is 0 Å². The van der Waals surface area contributed by atoms with E-state index in [0.717, 1.165) is 13.1 Å². The number of nitrogens with two attached hydrogens (primary N) is 1. The van der Waals surface area contributed by atoms with E-state index in [1.165, 1.54) is 19.0 Å². The third-order valence-electron chi connectivity index (χ3n) is 3.34. The topological polar surface area (TPSA) is 92.9 Å². The van der Waals surface area contributed by atoms with Gasteiger partial charge in [0.15, 0.2) is 11.5 Å². The first-order valence-electron chi connectivity index (χ1n) is 6.26. The Bertz CT molecular complexity index is 417. The number of primary amides is 1. The molecule has 1 aliphatic rings. The average Bonchev–Trinajstić information content (AvgIpc) is 2.40. The summed E-state index contributed by atoms with van der Waals surface area (Å²) in [6, 6.07) is 0.229. The molecule has 6 nitrogen and oxygen atoms in total. The van der Waals surface area contributed by atoms with Crippen LogP contribution in [0.1, 0.15) is 30.3 Å². The number of nitrogens with one attached hydrogen (secondary N) is 2. The van der Waals surface area contributed by atoms with Gasteiger partial charge in [-0.05, 0) is 38.8 Å². The molecule has 2 heterocycles. The molecule has 1 aromatic rings. The highest BCUT2D eigenvalue weighted by Gasteiger charge is 2.21. The maximum atomic E-state index is 11.2. The maximum Gasteiger partial charge on any atom is 0.271 e. The highest BCUT2D eigenvalue weighted by Crippen LogP contribution is 2.18. The fourth-order valence-corrected chi connectivity index (χ4v) is 2.26. The lowest BCUT2D eigenvalue weighted by Crippen LogP contribution is -2.39. The Kier molecular flexibility index (Phi) is 4.09. The molecule has 98 valence electrons. The Morgan fingerprint density at radius 1 is 1.56 bits per heavy atom. The lowest BCUT2D eigenvalue weighted by atomic mass is 9.93. The van der Waals surface area contributed by atoms with Crippen LogP contribution in [0.15, 0.2) is 12.4 Å². The van der Waals surface area contributed by atoms with Crippen LogP contribution < -0.4 is 16.4 Å². The van der Waals surface area contributed by atoms with E-state index < -0.39 is 5.91 Å². The monoisotopic (exact) mass is 249 g/mol. The highest BCUT2D eigenvalue weighted by atomic mass is 16.1. The molecule has 1 aromatic heterocycles. The van der Waals surface area contributed by atoms with Gasteiger partial charge in [-0.2, -0.15) is 0 Å². The molecule has 0 radical (unpaired) electrons. The summed E-state index contributed by atoms with van der Waals surface area (Å²) in [5.41, 5.74) is 5.48. The standard InChI is InChI=1S/C12H19N5O/c1-8(9-3-2-4-14-7-9)17-12-10(11(13)18)15-5-6-16-12/h5-6,8-9,14H,2-4,7H2,1H3,(H2,13,18)(H,16,17). The zero-order chi connectivity index (χ0) is 13.0. The van der Waals surface area contributed by atoms with E-state index in [-0.39, 0.29) is 11.7 Å².